The number of phenolic OH excluding ortho intramolecular Hbond substituents is 4. The summed E-state index contributed by atoms with van der Waals surface area (Å²) in [6.07, 6.45) is -1.07. The van der Waals surface area contributed by atoms with E-state index < -0.39 is 11.0 Å². The van der Waals surface area contributed by atoms with Crippen LogP contribution in [0.3, 0.4) is 0 Å². The molecule has 1 unspecified atom stereocenters. The fourth-order valence-electron chi connectivity index (χ4n) is 2.48. The number of aliphatic hydroxyl groups is 1. The highest BCUT2D eigenvalue weighted by molar-refractivity contribution is 7.81. The molecule has 1 aliphatic heterocycles. The van der Waals surface area contributed by atoms with Crippen LogP contribution in [0.1, 0.15) is 11.1 Å². The number of benzene rings is 2. The van der Waals surface area contributed by atoms with Crippen molar-refractivity contribution >= 4 is 12.6 Å². The minimum Gasteiger partial charge on any atom is -0.508 e. The molecule has 1 heterocycles. The minimum absolute atomic E-state index is 0.0482. The van der Waals surface area contributed by atoms with Crippen LogP contribution in [0.2, 0.25) is 0 Å². The van der Waals surface area contributed by atoms with Crippen molar-refractivity contribution in [2.45, 2.75) is 17.5 Å². The molecule has 0 spiro atoms. The largest absolute Gasteiger partial charge is 0.508 e. The van der Waals surface area contributed by atoms with Gasteiger partial charge in [0.15, 0.2) is 11.5 Å². The highest BCUT2D eigenvalue weighted by Gasteiger charge is 2.44. The summed E-state index contributed by atoms with van der Waals surface area (Å²) in [4.78, 5) is -1.50. The van der Waals surface area contributed by atoms with Crippen molar-refractivity contribution < 1.29 is 30.3 Å². The zero-order valence-corrected chi connectivity index (χ0v) is 12.2. The summed E-state index contributed by atoms with van der Waals surface area (Å²) in [6.45, 7) is 0. The van der Waals surface area contributed by atoms with E-state index in [-0.39, 0.29) is 35.2 Å². The number of hydrogen-bond acceptors (Lipinski definition) is 7. The van der Waals surface area contributed by atoms with Crippen LogP contribution in [-0.2, 0) is 11.4 Å². The molecule has 1 aliphatic rings. The lowest BCUT2D eigenvalue weighted by molar-refractivity contribution is -0.00516. The highest BCUT2D eigenvalue weighted by atomic mass is 32.1. The normalized spacial score (nSPS) is 23.6. The molecular weight excluding hydrogens is 308 g/mol. The van der Waals surface area contributed by atoms with Gasteiger partial charge in [-0.25, -0.2) is 0 Å². The average Bonchev–Trinajstić information content (AvgIpc) is 2.44. The zero-order chi connectivity index (χ0) is 16.1. The third-order valence-corrected chi connectivity index (χ3v) is 4.32. The summed E-state index contributed by atoms with van der Waals surface area (Å²) in [5, 5.41) is 48.7. The van der Waals surface area contributed by atoms with Crippen molar-refractivity contribution in [1.82, 2.24) is 0 Å². The number of hydrogen-bond donors (Lipinski definition) is 6. The van der Waals surface area contributed by atoms with Gasteiger partial charge in [0.25, 0.3) is 0 Å². The fourth-order valence-corrected chi connectivity index (χ4v) is 2.81. The molecule has 2 aromatic rings. The van der Waals surface area contributed by atoms with E-state index in [4.69, 9.17) is 4.74 Å². The average molecular weight is 322 g/mol. The van der Waals surface area contributed by atoms with E-state index in [1.807, 2.05) is 0 Å². The molecule has 5 N–H and O–H groups in total. The number of fused-ring (bicyclic) bond motifs is 1. The molecule has 6 nitrogen and oxygen atoms in total. The van der Waals surface area contributed by atoms with Gasteiger partial charge in [0.05, 0.1) is 0 Å². The van der Waals surface area contributed by atoms with Gasteiger partial charge in [-0.05, 0) is 12.1 Å². The first kappa shape index (κ1) is 14.7. The molecule has 0 aliphatic carbocycles. The Morgan fingerprint density at radius 1 is 1.00 bits per heavy atom. The first-order chi connectivity index (χ1) is 10.3. The molecule has 22 heavy (non-hydrogen) atoms. The van der Waals surface area contributed by atoms with Crippen LogP contribution < -0.4 is 4.74 Å². The van der Waals surface area contributed by atoms with E-state index in [1.165, 1.54) is 24.3 Å². The third-order valence-electron chi connectivity index (χ3n) is 3.67. The highest BCUT2D eigenvalue weighted by Crippen LogP contribution is 2.47. The molecule has 3 rings (SSSR count). The molecule has 0 saturated carbocycles. The summed E-state index contributed by atoms with van der Waals surface area (Å²) in [5.41, 5.74) is 0.685. The molecular formula is C15H14O6S. The summed E-state index contributed by atoms with van der Waals surface area (Å²) >= 11 is 4.38. The van der Waals surface area contributed by atoms with Crippen LogP contribution in [0.4, 0.5) is 0 Å². The maximum atomic E-state index is 10.4. The molecule has 0 amide bonds. The molecule has 116 valence electrons. The second-order valence-corrected chi connectivity index (χ2v) is 5.83. The van der Waals surface area contributed by atoms with Crippen molar-refractivity contribution in [3.05, 3.63) is 41.5 Å². The van der Waals surface area contributed by atoms with E-state index in [0.29, 0.717) is 11.1 Å². The first-order valence-electron chi connectivity index (χ1n) is 6.48. The molecule has 2 aromatic carbocycles. The van der Waals surface area contributed by atoms with Gasteiger partial charge in [-0.1, -0.05) is 6.07 Å². The molecule has 0 radical (unpaired) electrons. The predicted molar refractivity (Wildman–Crippen MR) is 80.5 cm³/mol. The van der Waals surface area contributed by atoms with Crippen LogP contribution in [0, 0.1) is 0 Å². The second kappa shape index (κ2) is 4.89. The van der Waals surface area contributed by atoms with Crippen molar-refractivity contribution in [3.63, 3.8) is 0 Å². The maximum absolute atomic E-state index is 10.4. The first-order valence-corrected chi connectivity index (χ1v) is 6.92. The van der Waals surface area contributed by atoms with Gasteiger partial charge in [0.2, 0.25) is 4.93 Å². The van der Waals surface area contributed by atoms with Crippen LogP contribution in [0.25, 0.3) is 0 Å². The number of rotatable bonds is 1. The Kier molecular flexibility index (Phi) is 3.26. The Morgan fingerprint density at radius 3 is 2.41 bits per heavy atom. The van der Waals surface area contributed by atoms with E-state index >= 15 is 0 Å². The number of phenols is 4. The van der Waals surface area contributed by atoms with Gasteiger partial charge < -0.3 is 30.3 Å². The summed E-state index contributed by atoms with van der Waals surface area (Å²) < 4.78 is 5.68. The molecule has 0 fully saturated rings. The van der Waals surface area contributed by atoms with Gasteiger partial charge in [0, 0.05) is 29.7 Å². The molecule has 0 saturated heterocycles. The summed E-state index contributed by atoms with van der Waals surface area (Å²) in [5.74, 6) is -0.854. The number of thiol groups is 1. The Bertz CT molecular complexity index is 747. The lowest BCUT2D eigenvalue weighted by Gasteiger charge is -2.39. The standard InChI is InChI=1S/C15H14O6S/c16-8-4-11(18)9-6-14(20)15(22,21-13(9)5-8)7-1-2-10(17)12(19)3-7/h1-5,14,16-20,22H,6H2/t14-,15?/m1/s1. The van der Waals surface area contributed by atoms with Crippen molar-refractivity contribution in [3.8, 4) is 28.7 Å². The fraction of sp³-hybridized carbons (Fsp3) is 0.200. The smallest absolute Gasteiger partial charge is 0.203 e. The van der Waals surface area contributed by atoms with E-state index in [9.17, 15) is 25.5 Å². The quantitative estimate of drug-likeness (QED) is 0.351. The van der Waals surface area contributed by atoms with Crippen LogP contribution in [0.15, 0.2) is 30.3 Å². The lowest BCUT2D eigenvalue weighted by atomic mass is 9.93. The van der Waals surface area contributed by atoms with Crippen molar-refractivity contribution in [2.24, 2.45) is 0 Å². The van der Waals surface area contributed by atoms with Gasteiger partial charge in [-0.15, -0.1) is 12.6 Å². The second-order valence-electron chi connectivity index (χ2n) is 5.16. The van der Waals surface area contributed by atoms with E-state index in [0.717, 1.165) is 6.07 Å². The van der Waals surface area contributed by atoms with Crippen LogP contribution in [-0.4, -0.2) is 31.6 Å². The maximum Gasteiger partial charge on any atom is 0.203 e. The Balaban J connectivity index is 2.09. The van der Waals surface area contributed by atoms with Crippen LogP contribution in [0.5, 0.6) is 28.7 Å². The zero-order valence-electron chi connectivity index (χ0n) is 11.3. The van der Waals surface area contributed by atoms with Gasteiger partial charge in [0.1, 0.15) is 23.4 Å². The van der Waals surface area contributed by atoms with Crippen LogP contribution >= 0.6 is 12.6 Å². The topological polar surface area (TPSA) is 110 Å². The molecule has 0 bridgehead atoms. The molecule has 2 atom stereocenters. The minimum atomic E-state index is -1.50. The monoisotopic (exact) mass is 322 g/mol. The van der Waals surface area contributed by atoms with Gasteiger partial charge >= 0.3 is 0 Å². The number of aromatic hydroxyl groups is 4. The molecule has 0 aromatic heterocycles. The van der Waals surface area contributed by atoms with E-state index in [2.05, 4.69) is 12.6 Å². The number of aliphatic hydroxyl groups excluding tert-OH is 1. The summed E-state index contributed by atoms with van der Waals surface area (Å²) in [6, 6.07) is 6.42. The van der Waals surface area contributed by atoms with Crippen molar-refractivity contribution in [2.75, 3.05) is 0 Å². The Labute approximate surface area is 131 Å². The third kappa shape index (κ3) is 2.18. The van der Waals surface area contributed by atoms with E-state index in [1.54, 1.807) is 0 Å². The van der Waals surface area contributed by atoms with Gasteiger partial charge in [-0.2, -0.15) is 0 Å². The lowest BCUT2D eigenvalue weighted by Crippen LogP contribution is -2.44. The SMILES string of the molecule is Oc1cc(O)c2c(c1)OC(S)(c1ccc(O)c(O)c1)[C@H](O)C2. The number of ether oxygens (including phenoxy) is 1. The van der Waals surface area contributed by atoms with Gasteiger partial charge in [-0.3, -0.25) is 0 Å². The Morgan fingerprint density at radius 2 is 1.73 bits per heavy atom. The van der Waals surface area contributed by atoms with Crippen molar-refractivity contribution in [1.29, 1.82) is 0 Å². The molecule has 7 heteroatoms. The Hall–Kier alpha value is -2.25. The predicted octanol–water partition coefficient (Wildman–Crippen LogP) is 1.59. The summed E-state index contributed by atoms with van der Waals surface area (Å²) in [7, 11) is 0.